The van der Waals surface area contributed by atoms with Crippen molar-refractivity contribution in [3.63, 3.8) is 0 Å². The van der Waals surface area contributed by atoms with Gasteiger partial charge in [0.1, 0.15) is 0 Å². The highest BCUT2D eigenvalue weighted by atomic mass is 32.1. The summed E-state index contributed by atoms with van der Waals surface area (Å²) in [5.41, 5.74) is -2.75. The fourth-order valence-electron chi connectivity index (χ4n) is 1.11. The summed E-state index contributed by atoms with van der Waals surface area (Å²) in [7, 11) is 0. The molecule has 0 fully saturated rings. The summed E-state index contributed by atoms with van der Waals surface area (Å²) in [6, 6.07) is 1.40. The van der Waals surface area contributed by atoms with Crippen LogP contribution in [0.1, 0.15) is 16.7 Å². The molecule has 0 amide bonds. The molecule has 0 radical (unpaired) electrons. The first-order valence-corrected chi connectivity index (χ1v) is 4.67. The Labute approximate surface area is 92.7 Å². The number of rotatable bonds is 1. The summed E-state index contributed by atoms with van der Waals surface area (Å²) >= 11 is 3.66. The normalized spacial score (nSPS) is 12.9. The summed E-state index contributed by atoms with van der Waals surface area (Å²) in [5, 5.41) is 0. The van der Waals surface area contributed by atoms with Crippen molar-refractivity contribution < 1.29 is 26.3 Å². The van der Waals surface area contributed by atoms with Gasteiger partial charge in [0, 0.05) is 5.75 Å². The second-order valence-corrected chi connectivity index (χ2v) is 3.39. The summed E-state index contributed by atoms with van der Waals surface area (Å²) in [6.45, 7) is 0. The van der Waals surface area contributed by atoms with Gasteiger partial charge in [0.15, 0.2) is 0 Å². The molecular weight excluding hydrogens is 254 g/mol. The highest BCUT2D eigenvalue weighted by Gasteiger charge is 2.36. The molecular formula is C9H6F6S. The van der Waals surface area contributed by atoms with Crippen molar-refractivity contribution >= 4 is 12.6 Å². The van der Waals surface area contributed by atoms with Crippen molar-refractivity contribution in [1.29, 1.82) is 0 Å². The van der Waals surface area contributed by atoms with Gasteiger partial charge in [-0.05, 0) is 23.8 Å². The van der Waals surface area contributed by atoms with Crippen molar-refractivity contribution in [1.82, 2.24) is 0 Å². The second kappa shape index (κ2) is 4.20. The van der Waals surface area contributed by atoms with E-state index < -0.39 is 23.5 Å². The van der Waals surface area contributed by atoms with Crippen LogP contribution in [0.4, 0.5) is 26.3 Å². The zero-order chi connectivity index (χ0) is 12.6. The standard InChI is InChI=1S/C9H6F6S/c10-8(11,12)6-1-5(4-16)2-7(3-6)9(13,14)15/h1-3,16H,4H2. The zero-order valence-electron chi connectivity index (χ0n) is 7.65. The van der Waals surface area contributed by atoms with Crippen molar-refractivity contribution in [2.75, 3.05) is 0 Å². The molecule has 0 aliphatic carbocycles. The van der Waals surface area contributed by atoms with E-state index in [1.54, 1.807) is 0 Å². The minimum absolute atomic E-state index is 0.0902. The van der Waals surface area contributed by atoms with Gasteiger partial charge in [-0.25, -0.2) is 0 Å². The van der Waals surface area contributed by atoms with Crippen molar-refractivity contribution in [3.8, 4) is 0 Å². The van der Waals surface area contributed by atoms with Crippen LogP contribution < -0.4 is 0 Å². The van der Waals surface area contributed by atoms with Gasteiger partial charge in [0.25, 0.3) is 0 Å². The molecule has 90 valence electrons. The minimum Gasteiger partial charge on any atom is -0.175 e. The average molecular weight is 260 g/mol. The van der Waals surface area contributed by atoms with Gasteiger partial charge in [-0.3, -0.25) is 0 Å². The van der Waals surface area contributed by atoms with Gasteiger partial charge in [0.2, 0.25) is 0 Å². The molecule has 0 aliphatic rings. The Morgan fingerprint density at radius 3 is 1.44 bits per heavy atom. The molecule has 0 N–H and O–H groups in total. The van der Waals surface area contributed by atoms with Gasteiger partial charge >= 0.3 is 12.4 Å². The molecule has 1 rings (SSSR count). The van der Waals surface area contributed by atoms with E-state index in [0.717, 1.165) is 0 Å². The molecule has 0 aromatic heterocycles. The summed E-state index contributed by atoms with van der Waals surface area (Å²) in [6.07, 6.45) is -9.59. The molecule has 0 saturated carbocycles. The minimum atomic E-state index is -4.79. The lowest BCUT2D eigenvalue weighted by Gasteiger charge is -2.13. The van der Waals surface area contributed by atoms with Crippen LogP contribution >= 0.6 is 12.6 Å². The molecule has 0 aliphatic heterocycles. The van der Waals surface area contributed by atoms with Gasteiger partial charge < -0.3 is 0 Å². The van der Waals surface area contributed by atoms with E-state index in [1.165, 1.54) is 0 Å². The van der Waals surface area contributed by atoms with Crippen molar-refractivity contribution in [3.05, 3.63) is 34.9 Å². The maximum absolute atomic E-state index is 12.3. The van der Waals surface area contributed by atoms with E-state index in [4.69, 9.17) is 0 Å². The molecule has 7 heteroatoms. The van der Waals surface area contributed by atoms with Crippen LogP contribution in [0.25, 0.3) is 0 Å². The Morgan fingerprint density at radius 1 is 0.812 bits per heavy atom. The number of hydrogen-bond acceptors (Lipinski definition) is 1. The molecule has 16 heavy (non-hydrogen) atoms. The number of halogens is 6. The number of hydrogen-bond donors (Lipinski definition) is 1. The molecule has 0 heterocycles. The van der Waals surface area contributed by atoms with E-state index >= 15 is 0 Å². The molecule has 1 aromatic carbocycles. The maximum Gasteiger partial charge on any atom is 0.416 e. The molecule has 0 atom stereocenters. The first kappa shape index (κ1) is 13.2. The molecule has 0 bridgehead atoms. The van der Waals surface area contributed by atoms with E-state index in [1.807, 2.05) is 0 Å². The zero-order valence-corrected chi connectivity index (χ0v) is 8.55. The topological polar surface area (TPSA) is 0 Å². The van der Waals surface area contributed by atoms with E-state index in [2.05, 4.69) is 12.6 Å². The third kappa shape index (κ3) is 3.07. The Bertz CT molecular complexity index is 346. The number of alkyl halides is 6. The fourth-order valence-corrected chi connectivity index (χ4v) is 1.29. The third-order valence-corrected chi connectivity index (χ3v) is 2.20. The highest BCUT2D eigenvalue weighted by molar-refractivity contribution is 7.79. The largest absolute Gasteiger partial charge is 0.416 e. The first-order valence-electron chi connectivity index (χ1n) is 4.04. The monoisotopic (exact) mass is 260 g/mol. The van der Waals surface area contributed by atoms with Gasteiger partial charge in [-0.2, -0.15) is 39.0 Å². The molecule has 0 saturated heterocycles. The Hall–Kier alpha value is -0.850. The molecule has 0 spiro atoms. The molecule has 0 nitrogen and oxygen atoms in total. The SMILES string of the molecule is FC(F)(F)c1cc(CS)cc(C(F)(F)F)c1. The lowest BCUT2D eigenvalue weighted by Crippen LogP contribution is -2.11. The van der Waals surface area contributed by atoms with E-state index in [0.29, 0.717) is 12.1 Å². The predicted molar refractivity (Wildman–Crippen MR) is 49.1 cm³/mol. The molecule has 1 aromatic rings. The predicted octanol–water partition coefficient (Wildman–Crippen LogP) is 4.15. The fraction of sp³-hybridized carbons (Fsp3) is 0.333. The third-order valence-electron chi connectivity index (χ3n) is 1.83. The highest BCUT2D eigenvalue weighted by Crippen LogP contribution is 2.36. The first-order chi connectivity index (χ1) is 7.14. The van der Waals surface area contributed by atoms with E-state index in [9.17, 15) is 26.3 Å². The quantitative estimate of drug-likeness (QED) is 0.569. The van der Waals surface area contributed by atoms with Crippen LogP contribution in [0, 0.1) is 0 Å². The van der Waals surface area contributed by atoms with Crippen molar-refractivity contribution in [2.24, 2.45) is 0 Å². The van der Waals surface area contributed by atoms with Crippen LogP contribution in [0.15, 0.2) is 18.2 Å². The van der Waals surface area contributed by atoms with Crippen LogP contribution in [0.3, 0.4) is 0 Å². The van der Waals surface area contributed by atoms with Gasteiger partial charge in [-0.1, -0.05) is 0 Å². The molecule has 0 unspecified atom stereocenters. The maximum atomic E-state index is 12.3. The smallest absolute Gasteiger partial charge is 0.175 e. The van der Waals surface area contributed by atoms with Crippen LogP contribution in [-0.2, 0) is 18.1 Å². The van der Waals surface area contributed by atoms with Crippen LogP contribution in [0.5, 0.6) is 0 Å². The summed E-state index contributed by atoms with van der Waals surface area (Å²) in [5.74, 6) is -0.188. The Kier molecular flexibility index (Phi) is 3.47. The van der Waals surface area contributed by atoms with Crippen molar-refractivity contribution in [2.45, 2.75) is 18.1 Å². The lowest BCUT2D eigenvalue weighted by molar-refractivity contribution is -0.143. The summed E-state index contributed by atoms with van der Waals surface area (Å²) < 4.78 is 73.7. The number of benzene rings is 1. The second-order valence-electron chi connectivity index (χ2n) is 3.07. The van der Waals surface area contributed by atoms with Gasteiger partial charge in [-0.15, -0.1) is 0 Å². The summed E-state index contributed by atoms with van der Waals surface area (Å²) in [4.78, 5) is 0. The van der Waals surface area contributed by atoms with E-state index in [-0.39, 0.29) is 17.4 Å². The number of thiol groups is 1. The van der Waals surface area contributed by atoms with Crippen LogP contribution in [-0.4, -0.2) is 0 Å². The average Bonchev–Trinajstić information content (AvgIpc) is 2.14. The Balaban J connectivity index is 3.33. The lowest BCUT2D eigenvalue weighted by atomic mass is 10.1. The van der Waals surface area contributed by atoms with Crippen LogP contribution in [0.2, 0.25) is 0 Å². The Morgan fingerprint density at radius 2 is 1.19 bits per heavy atom. The van der Waals surface area contributed by atoms with Gasteiger partial charge in [0.05, 0.1) is 11.1 Å².